The number of carbonyl (C=O) groups is 1. The van der Waals surface area contributed by atoms with E-state index in [4.69, 9.17) is 14.6 Å². The van der Waals surface area contributed by atoms with Crippen LogP contribution in [0.2, 0.25) is 0 Å². The van der Waals surface area contributed by atoms with E-state index in [2.05, 4.69) is 38.2 Å². The highest BCUT2D eigenvalue weighted by molar-refractivity contribution is 5.94. The molecule has 2 aromatic carbocycles. The van der Waals surface area contributed by atoms with Crippen molar-refractivity contribution in [3.8, 4) is 11.5 Å². The number of amides is 1. The highest BCUT2D eigenvalue weighted by atomic mass is 16.5. The van der Waals surface area contributed by atoms with Crippen molar-refractivity contribution in [3.63, 3.8) is 0 Å². The van der Waals surface area contributed by atoms with Gasteiger partial charge in [-0.05, 0) is 47.4 Å². The molecule has 5 nitrogen and oxygen atoms in total. The minimum Gasteiger partial charge on any atom is -0.493 e. The van der Waals surface area contributed by atoms with Gasteiger partial charge in [-0.15, -0.1) is 0 Å². The molecule has 1 amide bonds. The van der Waals surface area contributed by atoms with Gasteiger partial charge in [0.25, 0.3) is 5.91 Å². The van der Waals surface area contributed by atoms with Gasteiger partial charge in [-0.2, -0.15) is 0 Å². The predicted molar refractivity (Wildman–Crippen MR) is 107 cm³/mol. The van der Waals surface area contributed by atoms with Crippen LogP contribution in [0.3, 0.4) is 0 Å². The maximum Gasteiger partial charge on any atom is 0.251 e. The summed E-state index contributed by atoms with van der Waals surface area (Å²) in [5.41, 5.74) is 1.96. The summed E-state index contributed by atoms with van der Waals surface area (Å²) in [6.45, 7) is 7.86. The monoisotopic (exact) mass is 371 g/mol. The molecule has 146 valence electrons. The van der Waals surface area contributed by atoms with Gasteiger partial charge in [0.2, 0.25) is 0 Å². The normalized spacial score (nSPS) is 11.1. The standard InChI is InChI=1S/C22H29NO4/c1-22(2,3)18-7-11-20(12-8-18)27-16-4-15-26-19-9-5-17(6-10-19)21(25)23-13-14-24/h5-12,24H,4,13-16H2,1-3H3,(H,23,25). The van der Waals surface area contributed by atoms with Crippen LogP contribution >= 0.6 is 0 Å². The number of carbonyl (C=O) groups excluding carboxylic acids is 1. The van der Waals surface area contributed by atoms with E-state index in [0.29, 0.717) is 24.5 Å². The van der Waals surface area contributed by atoms with E-state index in [-0.39, 0.29) is 24.5 Å². The largest absolute Gasteiger partial charge is 0.493 e. The summed E-state index contributed by atoms with van der Waals surface area (Å²) in [6.07, 6.45) is 0.764. The highest BCUT2D eigenvalue weighted by Gasteiger charge is 2.12. The summed E-state index contributed by atoms with van der Waals surface area (Å²) in [4.78, 5) is 11.7. The fraction of sp³-hybridized carbons (Fsp3) is 0.409. The van der Waals surface area contributed by atoms with E-state index in [1.54, 1.807) is 24.3 Å². The van der Waals surface area contributed by atoms with E-state index in [0.717, 1.165) is 12.2 Å². The lowest BCUT2D eigenvalue weighted by Crippen LogP contribution is -2.26. The van der Waals surface area contributed by atoms with Gasteiger partial charge in [-0.1, -0.05) is 32.9 Å². The Kier molecular flexibility index (Phi) is 7.67. The predicted octanol–water partition coefficient (Wildman–Crippen LogP) is 3.55. The molecular formula is C22H29NO4. The van der Waals surface area contributed by atoms with Crippen molar-refractivity contribution in [2.24, 2.45) is 0 Å². The molecule has 0 aliphatic heterocycles. The van der Waals surface area contributed by atoms with Crippen LogP contribution in [0.1, 0.15) is 43.1 Å². The van der Waals surface area contributed by atoms with E-state index < -0.39 is 0 Å². The number of hydrogen-bond acceptors (Lipinski definition) is 4. The molecule has 0 spiro atoms. The molecule has 0 fully saturated rings. The number of aliphatic hydroxyl groups excluding tert-OH is 1. The molecule has 0 atom stereocenters. The number of benzene rings is 2. The Hall–Kier alpha value is -2.53. The van der Waals surface area contributed by atoms with E-state index >= 15 is 0 Å². The van der Waals surface area contributed by atoms with Crippen molar-refractivity contribution < 1.29 is 19.4 Å². The summed E-state index contributed by atoms with van der Waals surface area (Å²) < 4.78 is 11.4. The quantitative estimate of drug-likeness (QED) is 0.662. The summed E-state index contributed by atoms with van der Waals surface area (Å²) in [7, 11) is 0. The minimum atomic E-state index is -0.207. The van der Waals surface area contributed by atoms with Gasteiger partial charge in [-0.3, -0.25) is 4.79 Å². The van der Waals surface area contributed by atoms with Crippen LogP contribution in [0.5, 0.6) is 11.5 Å². The summed E-state index contributed by atoms with van der Waals surface area (Å²) in [6, 6.07) is 15.1. The number of hydrogen-bond donors (Lipinski definition) is 2. The van der Waals surface area contributed by atoms with Gasteiger partial charge in [0.15, 0.2) is 0 Å². The smallest absolute Gasteiger partial charge is 0.251 e. The van der Waals surface area contributed by atoms with Crippen molar-refractivity contribution >= 4 is 5.91 Å². The third-order valence-corrected chi connectivity index (χ3v) is 4.06. The van der Waals surface area contributed by atoms with Crippen LogP contribution in [-0.4, -0.2) is 37.4 Å². The fourth-order valence-corrected chi connectivity index (χ4v) is 2.46. The molecule has 0 saturated heterocycles. The lowest BCUT2D eigenvalue weighted by Gasteiger charge is -2.19. The summed E-state index contributed by atoms with van der Waals surface area (Å²) >= 11 is 0. The van der Waals surface area contributed by atoms with Gasteiger partial charge in [0.1, 0.15) is 11.5 Å². The molecule has 0 radical (unpaired) electrons. The van der Waals surface area contributed by atoms with Crippen molar-refractivity contribution in [1.29, 1.82) is 0 Å². The topological polar surface area (TPSA) is 67.8 Å². The van der Waals surface area contributed by atoms with Crippen LogP contribution in [0.4, 0.5) is 0 Å². The van der Waals surface area contributed by atoms with Crippen molar-refractivity contribution in [1.82, 2.24) is 5.32 Å². The maximum absolute atomic E-state index is 11.7. The zero-order valence-electron chi connectivity index (χ0n) is 16.3. The Morgan fingerprint density at radius 3 is 1.93 bits per heavy atom. The molecule has 0 aliphatic carbocycles. The van der Waals surface area contributed by atoms with E-state index in [9.17, 15) is 4.79 Å². The first-order chi connectivity index (χ1) is 12.9. The lowest BCUT2D eigenvalue weighted by atomic mass is 9.87. The van der Waals surface area contributed by atoms with Crippen LogP contribution < -0.4 is 14.8 Å². The SMILES string of the molecule is CC(C)(C)c1ccc(OCCCOc2ccc(C(=O)NCCO)cc2)cc1. The second kappa shape index (κ2) is 9.97. The Labute approximate surface area is 161 Å². The van der Waals surface area contributed by atoms with Gasteiger partial charge in [0, 0.05) is 18.5 Å². The molecular weight excluding hydrogens is 342 g/mol. The molecule has 5 heteroatoms. The molecule has 0 unspecified atom stereocenters. The number of rotatable bonds is 9. The first-order valence-corrected chi connectivity index (χ1v) is 9.25. The number of aliphatic hydroxyl groups is 1. The summed E-state index contributed by atoms with van der Waals surface area (Å²) in [5.74, 6) is 1.37. The molecule has 0 bridgehead atoms. The molecule has 2 rings (SSSR count). The Morgan fingerprint density at radius 2 is 1.44 bits per heavy atom. The van der Waals surface area contributed by atoms with E-state index in [1.165, 1.54) is 5.56 Å². The molecule has 2 N–H and O–H groups in total. The van der Waals surface area contributed by atoms with Crippen LogP contribution in [-0.2, 0) is 5.41 Å². The highest BCUT2D eigenvalue weighted by Crippen LogP contribution is 2.24. The number of nitrogens with one attached hydrogen (secondary N) is 1. The Balaban J connectivity index is 1.68. The maximum atomic E-state index is 11.7. The summed E-state index contributed by atoms with van der Waals surface area (Å²) in [5, 5.41) is 11.3. The van der Waals surface area contributed by atoms with Crippen LogP contribution in [0.25, 0.3) is 0 Å². The van der Waals surface area contributed by atoms with Crippen molar-refractivity contribution in [2.45, 2.75) is 32.6 Å². The van der Waals surface area contributed by atoms with Crippen molar-refractivity contribution in [3.05, 3.63) is 59.7 Å². The van der Waals surface area contributed by atoms with Gasteiger partial charge in [-0.25, -0.2) is 0 Å². The molecule has 0 aliphatic rings. The first kappa shape index (κ1) is 20.8. The molecule has 27 heavy (non-hydrogen) atoms. The van der Waals surface area contributed by atoms with Gasteiger partial charge in [0.05, 0.1) is 19.8 Å². The molecule has 0 heterocycles. The second-order valence-electron chi connectivity index (χ2n) is 7.33. The van der Waals surface area contributed by atoms with Gasteiger partial charge >= 0.3 is 0 Å². The van der Waals surface area contributed by atoms with Crippen LogP contribution in [0, 0.1) is 0 Å². The zero-order chi connectivity index (χ0) is 19.7. The number of ether oxygens (including phenoxy) is 2. The first-order valence-electron chi connectivity index (χ1n) is 9.25. The van der Waals surface area contributed by atoms with Gasteiger partial charge < -0.3 is 19.9 Å². The molecule has 0 aromatic heterocycles. The third kappa shape index (κ3) is 6.94. The fourth-order valence-electron chi connectivity index (χ4n) is 2.46. The minimum absolute atomic E-state index is 0.0737. The van der Waals surface area contributed by atoms with E-state index in [1.807, 2.05) is 12.1 Å². The molecule has 0 saturated carbocycles. The zero-order valence-corrected chi connectivity index (χ0v) is 16.3. The van der Waals surface area contributed by atoms with Crippen molar-refractivity contribution in [2.75, 3.05) is 26.4 Å². The average molecular weight is 371 g/mol. The third-order valence-electron chi connectivity index (χ3n) is 4.06. The lowest BCUT2D eigenvalue weighted by molar-refractivity contribution is 0.0944. The van der Waals surface area contributed by atoms with Crippen LogP contribution in [0.15, 0.2) is 48.5 Å². The Bertz CT molecular complexity index is 703. The second-order valence-corrected chi connectivity index (χ2v) is 7.33. The Morgan fingerprint density at radius 1 is 0.926 bits per heavy atom. The average Bonchev–Trinajstić information content (AvgIpc) is 2.66. The molecule has 2 aromatic rings.